The zero-order valence-electron chi connectivity index (χ0n) is 8.62. The van der Waals surface area contributed by atoms with Crippen molar-refractivity contribution in [2.24, 2.45) is 0 Å². The second-order valence-electron chi connectivity index (χ2n) is 3.28. The topological polar surface area (TPSA) is 22.1 Å². The number of nitrogens with zero attached hydrogens (tertiary/aromatic N) is 1. The SMILES string of the molecule is Fc1cc(CBr)cc(F)c1OCc1cncs1. The molecule has 0 bridgehead atoms. The average Bonchev–Trinajstić information content (AvgIpc) is 2.80. The van der Waals surface area contributed by atoms with E-state index in [9.17, 15) is 8.78 Å². The molecule has 17 heavy (non-hydrogen) atoms. The molecule has 1 heterocycles. The van der Waals surface area contributed by atoms with E-state index in [0.717, 1.165) is 4.88 Å². The highest BCUT2D eigenvalue weighted by Crippen LogP contribution is 2.25. The van der Waals surface area contributed by atoms with Crippen molar-refractivity contribution in [3.8, 4) is 5.75 Å². The van der Waals surface area contributed by atoms with Crippen molar-refractivity contribution >= 4 is 27.3 Å². The van der Waals surface area contributed by atoms with E-state index in [1.54, 1.807) is 11.7 Å². The number of thiazole rings is 1. The second-order valence-corrected chi connectivity index (χ2v) is 4.81. The molecule has 0 atom stereocenters. The Balaban J connectivity index is 2.15. The minimum absolute atomic E-state index is 0.117. The maximum Gasteiger partial charge on any atom is 0.191 e. The van der Waals surface area contributed by atoms with Crippen molar-refractivity contribution in [3.63, 3.8) is 0 Å². The molecule has 0 saturated carbocycles. The molecule has 0 aliphatic heterocycles. The number of aromatic nitrogens is 1. The van der Waals surface area contributed by atoms with Crippen molar-refractivity contribution in [2.75, 3.05) is 0 Å². The third kappa shape index (κ3) is 3.01. The molecule has 0 spiro atoms. The van der Waals surface area contributed by atoms with Crippen LogP contribution < -0.4 is 4.74 Å². The summed E-state index contributed by atoms with van der Waals surface area (Å²) in [5.74, 6) is -1.73. The summed E-state index contributed by atoms with van der Waals surface area (Å²) in [4.78, 5) is 4.66. The molecule has 0 amide bonds. The van der Waals surface area contributed by atoms with Gasteiger partial charge in [-0.15, -0.1) is 11.3 Å². The maximum absolute atomic E-state index is 13.5. The summed E-state index contributed by atoms with van der Waals surface area (Å²) in [6.45, 7) is 0.117. The van der Waals surface area contributed by atoms with Gasteiger partial charge in [0.1, 0.15) is 6.61 Å². The molecule has 0 unspecified atom stereocenters. The lowest BCUT2D eigenvalue weighted by Gasteiger charge is -2.08. The molecule has 2 aromatic rings. The lowest BCUT2D eigenvalue weighted by molar-refractivity contribution is 0.276. The molecule has 90 valence electrons. The molecule has 6 heteroatoms. The van der Waals surface area contributed by atoms with Gasteiger partial charge < -0.3 is 4.74 Å². The van der Waals surface area contributed by atoms with E-state index >= 15 is 0 Å². The van der Waals surface area contributed by atoms with Crippen molar-refractivity contribution in [1.29, 1.82) is 0 Å². The lowest BCUT2D eigenvalue weighted by Crippen LogP contribution is -1.99. The summed E-state index contributed by atoms with van der Waals surface area (Å²) < 4.78 is 32.2. The number of benzene rings is 1. The smallest absolute Gasteiger partial charge is 0.191 e. The first-order valence-electron chi connectivity index (χ1n) is 4.74. The van der Waals surface area contributed by atoms with Crippen LogP contribution >= 0.6 is 27.3 Å². The molecule has 0 aliphatic carbocycles. The van der Waals surface area contributed by atoms with E-state index < -0.39 is 11.6 Å². The summed E-state index contributed by atoms with van der Waals surface area (Å²) in [6, 6.07) is 2.50. The minimum atomic E-state index is -0.691. The van der Waals surface area contributed by atoms with Crippen LogP contribution in [0.3, 0.4) is 0 Å². The Morgan fingerprint density at radius 1 is 1.29 bits per heavy atom. The van der Waals surface area contributed by atoms with Gasteiger partial charge in [-0.2, -0.15) is 0 Å². The Labute approximate surface area is 109 Å². The average molecular weight is 320 g/mol. The number of hydrogen-bond acceptors (Lipinski definition) is 3. The predicted molar refractivity (Wildman–Crippen MR) is 65.4 cm³/mol. The number of rotatable bonds is 4. The van der Waals surface area contributed by atoms with Crippen molar-refractivity contribution < 1.29 is 13.5 Å². The quantitative estimate of drug-likeness (QED) is 0.797. The summed E-state index contributed by atoms with van der Waals surface area (Å²) in [6.07, 6.45) is 1.60. The molecule has 0 radical (unpaired) electrons. The third-order valence-corrected chi connectivity index (χ3v) is 3.46. The van der Waals surface area contributed by atoms with Crippen LogP contribution in [-0.4, -0.2) is 4.98 Å². The molecule has 0 N–H and O–H groups in total. The van der Waals surface area contributed by atoms with Gasteiger partial charge in [0.15, 0.2) is 17.4 Å². The number of hydrogen-bond donors (Lipinski definition) is 0. The Morgan fingerprint density at radius 3 is 2.53 bits per heavy atom. The van der Waals surface area contributed by atoms with E-state index in [4.69, 9.17) is 4.74 Å². The summed E-state index contributed by atoms with van der Waals surface area (Å²) >= 11 is 4.51. The highest BCUT2D eigenvalue weighted by Gasteiger charge is 2.12. The molecule has 1 aromatic heterocycles. The van der Waals surface area contributed by atoms with Gasteiger partial charge in [0.25, 0.3) is 0 Å². The molecular formula is C11H8BrF2NOS. The summed E-state index contributed by atoms with van der Waals surface area (Å²) in [7, 11) is 0. The van der Waals surface area contributed by atoms with Gasteiger partial charge in [-0.3, -0.25) is 4.98 Å². The van der Waals surface area contributed by atoms with Crippen LogP contribution in [0, 0.1) is 11.6 Å². The normalized spacial score (nSPS) is 10.5. The van der Waals surface area contributed by atoms with E-state index in [-0.39, 0.29) is 12.4 Å². The van der Waals surface area contributed by atoms with Crippen LogP contribution in [0.4, 0.5) is 8.78 Å². The number of halogens is 3. The molecule has 1 aromatic carbocycles. The second kappa shape index (κ2) is 5.55. The van der Waals surface area contributed by atoms with Crippen LogP contribution in [-0.2, 0) is 11.9 Å². The van der Waals surface area contributed by atoms with Crippen molar-refractivity contribution in [1.82, 2.24) is 4.98 Å². The van der Waals surface area contributed by atoms with Crippen molar-refractivity contribution in [2.45, 2.75) is 11.9 Å². The van der Waals surface area contributed by atoms with E-state index in [1.165, 1.54) is 23.5 Å². The molecule has 0 aliphatic rings. The lowest BCUT2D eigenvalue weighted by atomic mass is 10.2. The van der Waals surface area contributed by atoms with Gasteiger partial charge >= 0.3 is 0 Å². The highest BCUT2D eigenvalue weighted by atomic mass is 79.9. The molecular weight excluding hydrogens is 312 g/mol. The van der Waals surface area contributed by atoms with Gasteiger partial charge in [0.05, 0.1) is 10.4 Å². The number of ether oxygens (including phenoxy) is 1. The maximum atomic E-state index is 13.5. The third-order valence-electron chi connectivity index (χ3n) is 2.05. The van der Waals surface area contributed by atoms with Crippen LogP contribution in [0.5, 0.6) is 5.75 Å². The molecule has 2 rings (SSSR count). The van der Waals surface area contributed by atoms with Gasteiger partial charge in [-0.1, -0.05) is 15.9 Å². The first-order chi connectivity index (χ1) is 8.20. The molecule has 2 nitrogen and oxygen atoms in total. The first-order valence-corrected chi connectivity index (χ1v) is 6.75. The Morgan fingerprint density at radius 2 is 2.00 bits per heavy atom. The summed E-state index contributed by atoms with van der Waals surface area (Å²) in [5.41, 5.74) is 2.17. The Bertz CT molecular complexity index is 481. The minimum Gasteiger partial charge on any atom is -0.482 e. The fraction of sp³-hybridized carbons (Fsp3) is 0.182. The molecule has 0 fully saturated rings. The van der Waals surface area contributed by atoms with Crippen LogP contribution in [0.2, 0.25) is 0 Å². The standard InChI is InChI=1S/C11H8BrF2NOS/c12-3-7-1-9(13)11(10(14)2-7)16-5-8-4-15-6-17-8/h1-2,4,6H,3,5H2. The monoisotopic (exact) mass is 319 g/mol. The van der Waals surface area contributed by atoms with Gasteiger partial charge in [0, 0.05) is 11.5 Å². The fourth-order valence-corrected chi connectivity index (χ4v) is 2.11. The zero-order valence-corrected chi connectivity index (χ0v) is 11.0. The van der Waals surface area contributed by atoms with E-state index in [1.807, 2.05) is 0 Å². The van der Waals surface area contributed by atoms with Gasteiger partial charge in [-0.05, 0) is 17.7 Å². The zero-order chi connectivity index (χ0) is 12.3. The van der Waals surface area contributed by atoms with Gasteiger partial charge in [-0.25, -0.2) is 8.78 Å². The van der Waals surface area contributed by atoms with Gasteiger partial charge in [0.2, 0.25) is 0 Å². The van der Waals surface area contributed by atoms with E-state index in [2.05, 4.69) is 20.9 Å². The Hall–Kier alpha value is -1.01. The highest BCUT2D eigenvalue weighted by molar-refractivity contribution is 9.08. The summed E-state index contributed by atoms with van der Waals surface area (Å²) in [5, 5.41) is 0.399. The van der Waals surface area contributed by atoms with Crippen molar-refractivity contribution in [3.05, 3.63) is 45.9 Å². The predicted octanol–water partition coefficient (Wildman–Crippen LogP) is 3.90. The molecule has 0 saturated heterocycles. The Kier molecular flexibility index (Phi) is 4.06. The van der Waals surface area contributed by atoms with E-state index in [0.29, 0.717) is 10.9 Å². The number of alkyl halides is 1. The van der Waals surface area contributed by atoms with Crippen LogP contribution in [0.1, 0.15) is 10.4 Å². The van der Waals surface area contributed by atoms with Crippen LogP contribution in [0.25, 0.3) is 0 Å². The largest absolute Gasteiger partial charge is 0.482 e. The van der Waals surface area contributed by atoms with Crippen LogP contribution in [0.15, 0.2) is 23.8 Å². The fourth-order valence-electron chi connectivity index (χ4n) is 1.28. The first kappa shape index (κ1) is 12.4.